The number of rotatable bonds is 6. The topological polar surface area (TPSA) is 15.3 Å². The van der Waals surface area contributed by atoms with Crippen LogP contribution in [0, 0.1) is 0 Å². The van der Waals surface area contributed by atoms with Gasteiger partial charge >= 0.3 is 0 Å². The average molecular weight is 302 g/mol. The summed E-state index contributed by atoms with van der Waals surface area (Å²) in [4.78, 5) is 5.20. The van der Waals surface area contributed by atoms with Crippen molar-refractivity contribution in [1.82, 2.24) is 10.2 Å². The lowest BCUT2D eigenvalue weighted by atomic mass is 10.1. The Labute approximate surface area is 132 Å². The fourth-order valence-electron chi connectivity index (χ4n) is 2.17. The van der Waals surface area contributed by atoms with Crippen molar-refractivity contribution in [1.29, 1.82) is 0 Å². The van der Waals surface area contributed by atoms with Crippen LogP contribution in [0.25, 0.3) is 0 Å². The first-order valence-electron chi connectivity index (χ1n) is 7.47. The van der Waals surface area contributed by atoms with Crippen LogP contribution >= 0.6 is 11.3 Å². The summed E-state index contributed by atoms with van der Waals surface area (Å²) in [5.41, 5.74) is 1.54. The third-order valence-corrected chi connectivity index (χ3v) is 4.30. The minimum absolute atomic E-state index is 0.175. The zero-order valence-corrected chi connectivity index (χ0v) is 14.3. The molecule has 1 aromatic heterocycles. The fourth-order valence-corrected chi connectivity index (χ4v) is 3.21. The SMILES string of the molecule is CN(Cc1ccccc1)Cc1ccc(CNC(C)(C)C)s1. The number of hydrogen-bond acceptors (Lipinski definition) is 3. The van der Waals surface area contributed by atoms with Gasteiger partial charge in [-0.3, -0.25) is 4.90 Å². The molecule has 2 nitrogen and oxygen atoms in total. The van der Waals surface area contributed by atoms with Gasteiger partial charge in [-0.15, -0.1) is 11.3 Å². The van der Waals surface area contributed by atoms with E-state index in [2.05, 4.69) is 80.5 Å². The Balaban J connectivity index is 1.84. The van der Waals surface area contributed by atoms with Gasteiger partial charge in [0.05, 0.1) is 0 Å². The lowest BCUT2D eigenvalue weighted by molar-refractivity contribution is 0.322. The summed E-state index contributed by atoms with van der Waals surface area (Å²) in [6.07, 6.45) is 0. The quantitative estimate of drug-likeness (QED) is 0.857. The zero-order valence-electron chi connectivity index (χ0n) is 13.5. The van der Waals surface area contributed by atoms with E-state index in [0.717, 1.165) is 19.6 Å². The molecular weight excluding hydrogens is 276 g/mol. The lowest BCUT2D eigenvalue weighted by Crippen LogP contribution is -2.34. The van der Waals surface area contributed by atoms with Crippen molar-refractivity contribution in [3.05, 3.63) is 57.8 Å². The van der Waals surface area contributed by atoms with E-state index in [1.54, 1.807) is 0 Å². The molecule has 0 bridgehead atoms. The van der Waals surface area contributed by atoms with Gasteiger partial charge in [0.1, 0.15) is 0 Å². The third kappa shape index (κ3) is 6.00. The number of nitrogens with zero attached hydrogens (tertiary/aromatic N) is 1. The Hall–Kier alpha value is -1.16. The minimum atomic E-state index is 0.175. The van der Waals surface area contributed by atoms with E-state index in [0.29, 0.717) is 0 Å². The van der Waals surface area contributed by atoms with Gasteiger partial charge in [-0.1, -0.05) is 30.3 Å². The third-order valence-electron chi connectivity index (χ3n) is 3.23. The van der Waals surface area contributed by atoms with E-state index >= 15 is 0 Å². The first-order chi connectivity index (χ1) is 9.92. The van der Waals surface area contributed by atoms with Crippen LogP contribution in [0.2, 0.25) is 0 Å². The molecule has 0 aliphatic carbocycles. The van der Waals surface area contributed by atoms with E-state index in [9.17, 15) is 0 Å². The molecule has 1 heterocycles. The van der Waals surface area contributed by atoms with Crippen molar-refractivity contribution < 1.29 is 0 Å². The van der Waals surface area contributed by atoms with Gasteiger partial charge in [-0.2, -0.15) is 0 Å². The van der Waals surface area contributed by atoms with Crippen molar-refractivity contribution in [2.75, 3.05) is 7.05 Å². The molecule has 0 unspecified atom stereocenters. The molecule has 0 fully saturated rings. The summed E-state index contributed by atoms with van der Waals surface area (Å²) in [5, 5.41) is 3.54. The highest BCUT2D eigenvalue weighted by molar-refractivity contribution is 7.11. The summed E-state index contributed by atoms with van der Waals surface area (Å²) in [5.74, 6) is 0. The maximum absolute atomic E-state index is 3.54. The van der Waals surface area contributed by atoms with Crippen LogP contribution in [-0.4, -0.2) is 17.5 Å². The smallest absolute Gasteiger partial charge is 0.0328 e. The summed E-state index contributed by atoms with van der Waals surface area (Å²) >= 11 is 1.91. The predicted molar refractivity (Wildman–Crippen MR) is 92.5 cm³/mol. The molecule has 1 N–H and O–H groups in total. The van der Waals surface area contributed by atoms with Crippen molar-refractivity contribution in [3.63, 3.8) is 0 Å². The van der Waals surface area contributed by atoms with Crippen molar-refractivity contribution in [3.8, 4) is 0 Å². The molecule has 1 aromatic carbocycles. The molecule has 2 rings (SSSR count). The molecule has 0 amide bonds. The van der Waals surface area contributed by atoms with Gasteiger partial charge in [-0.25, -0.2) is 0 Å². The van der Waals surface area contributed by atoms with Gasteiger partial charge in [0.25, 0.3) is 0 Å². The summed E-state index contributed by atoms with van der Waals surface area (Å²) in [6, 6.07) is 15.1. The number of benzene rings is 1. The Bertz CT molecular complexity index is 540. The van der Waals surface area contributed by atoms with Crippen molar-refractivity contribution in [2.45, 2.75) is 45.9 Å². The van der Waals surface area contributed by atoms with E-state index in [4.69, 9.17) is 0 Å². The second kappa shape index (κ2) is 7.21. The highest BCUT2D eigenvalue weighted by atomic mass is 32.1. The molecular formula is C18H26N2S. The molecule has 0 aliphatic rings. The minimum Gasteiger partial charge on any atom is -0.307 e. The second-order valence-corrected chi connectivity index (χ2v) is 7.88. The Morgan fingerprint density at radius 1 is 0.952 bits per heavy atom. The van der Waals surface area contributed by atoms with Gasteiger partial charge in [-0.05, 0) is 45.5 Å². The molecule has 0 atom stereocenters. The Kier molecular flexibility index (Phi) is 5.57. The zero-order chi connectivity index (χ0) is 15.3. The van der Waals surface area contributed by atoms with Crippen LogP contribution in [0.15, 0.2) is 42.5 Å². The molecule has 0 saturated carbocycles. The first kappa shape index (κ1) is 16.2. The highest BCUT2D eigenvalue weighted by Crippen LogP contribution is 2.19. The van der Waals surface area contributed by atoms with E-state index in [-0.39, 0.29) is 5.54 Å². The molecule has 0 radical (unpaired) electrons. The standard InChI is InChI=1S/C18H26N2S/c1-18(2,3)19-12-16-10-11-17(21-16)14-20(4)13-15-8-6-5-7-9-15/h5-11,19H,12-14H2,1-4H3. The van der Waals surface area contributed by atoms with Gasteiger partial charge < -0.3 is 5.32 Å². The number of hydrogen-bond donors (Lipinski definition) is 1. The van der Waals surface area contributed by atoms with Gasteiger partial charge in [0.15, 0.2) is 0 Å². The first-order valence-corrected chi connectivity index (χ1v) is 8.29. The van der Waals surface area contributed by atoms with Crippen LogP contribution in [0.1, 0.15) is 36.1 Å². The molecule has 0 saturated heterocycles. The Morgan fingerprint density at radius 2 is 1.62 bits per heavy atom. The molecule has 2 aromatic rings. The van der Waals surface area contributed by atoms with Crippen LogP contribution in [0.5, 0.6) is 0 Å². The van der Waals surface area contributed by atoms with Crippen molar-refractivity contribution >= 4 is 11.3 Å². The maximum atomic E-state index is 3.54. The van der Waals surface area contributed by atoms with Gasteiger partial charge in [0, 0.05) is 34.9 Å². The monoisotopic (exact) mass is 302 g/mol. The largest absolute Gasteiger partial charge is 0.307 e. The number of nitrogens with one attached hydrogen (secondary N) is 1. The summed E-state index contributed by atoms with van der Waals surface area (Å²) < 4.78 is 0. The molecule has 0 spiro atoms. The molecule has 21 heavy (non-hydrogen) atoms. The highest BCUT2D eigenvalue weighted by Gasteiger charge is 2.10. The lowest BCUT2D eigenvalue weighted by Gasteiger charge is -2.19. The van der Waals surface area contributed by atoms with Gasteiger partial charge in [0.2, 0.25) is 0 Å². The van der Waals surface area contributed by atoms with Crippen LogP contribution in [0.3, 0.4) is 0 Å². The van der Waals surface area contributed by atoms with E-state index in [1.165, 1.54) is 15.3 Å². The number of thiophene rings is 1. The predicted octanol–water partition coefficient (Wildman–Crippen LogP) is 4.27. The summed E-state index contributed by atoms with van der Waals surface area (Å²) in [6.45, 7) is 9.57. The Morgan fingerprint density at radius 3 is 2.29 bits per heavy atom. The van der Waals surface area contributed by atoms with Crippen molar-refractivity contribution in [2.24, 2.45) is 0 Å². The normalized spacial score (nSPS) is 12.0. The molecule has 0 aliphatic heterocycles. The average Bonchev–Trinajstić information content (AvgIpc) is 2.84. The summed E-state index contributed by atoms with van der Waals surface area (Å²) in [7, 11) is 2.18. The maximum Gasteiger partial charge on any atom is 0.0328 e. The molecule has 114 valence electrons. The van der Waals surface area contributed by atoms with Crippen LogP contribution in [0.4, 0.5) is 0 Å². The second-order valence-electron chi connectivity index (χ2n) is 6.63. The fraction of sp³-hybridized carbons (Fsp3) is 0.444. The van der Waals surface area contributed by atoms with Crippen LogP contribution < -0.4 is 5.32 Å². The van der Waals surface area contributed by atoms with E-state index < -0.39 is 0 Å². The molecule has 3 heteroatoms. The van der Waals surface area contributed by atoms with Crippen LogP contribution in [-0.2, 0) is 19.6 Å². The van der Waals surface area contributed by atoms with E-state index in [1.807, 2.05) is 11.3 Å².